The van der Waals surface area contributed by atoms with Crippen LogP contribution in [0.15, 0.2) is 0 Å². The first kappa shape index (κ1) is 9.56. The van der Waals surface area contributed by atoms with E-state index in [0.29, 0.717) is 6.42 Å². The van der Waals surface area contributed by atoms with E-state index in [-0.39, 0.29) is 11.3 Å². The fourth-order valence-electron chi connectivity index (χ4n) is 0.908. The minimum atomic E-state index is -3.10. The molecule has 1 atom stereocenters. The molecule has 0 saturated heterocycles. The molecule has 0 spiro atoms. The van der Waals surface area contributed by atoms with Crippen LogP contribution in [0.2, 0.25) is 0 Å². The van der Waals surface area contributed by atoms with Crippen molar-refractivity contribution in [1.82, 2.24) is 4.72 Å². The van der Waals surface area contributed by atoms with Crippen molar-refractivity contribution < 1.29 is 8.42 Å². The Balaban J connectivity index is 2.55. The molecule has 1 unspecified atom stereocenters. The van der Waals surface area contributed by atoms with Gasteiger partial charge < -0.3 is 0 Å². The first-order valence-corrected chi connectivity index (χ1v) is 5.62. The first-order valence-electron chi connectivity index (χ1n) is 4.07. The summed E-state index contributed by atoms with van der Waals surface area (Å²) in [4.78, 5) is 0. The molecule has 0 aliphatic heterocycles. The van der Waals surface area contributed by atoms with Crippen LogP contribution in [0.4, 0.5) is 0 Å². The predicted molar refractivity (Wildman–Crippen MR) is 48.0 cm³/mol. The molecule has 0 aromatic heterocycles. The lowest BCUT2D eigenvalue weighted by atomic mass is 10.3. The molecule has 0 aromatic rings. The van der Waals surface area contributed by atoms with Gasteiger partial charge in [-0.1, -0.05) is 12.8 Å². The second kappa shape index (κ2) is 3.46. The maximum atomic E-state index is 11.3. The highest BCUT2D eigenvalue weighted by atomic mass is 32.2. The Bertz CT molecular complexity index is 285. The molecule has 1 rings (SSSR count). The maximum absolute atomic E-state index is 11.3. The highest BCUT2D eigenvalue weighted by Gasteiger charge is 2.36. The summed E-state index contributed by atoms with van der Waals surface area (Å²) in [5.74, 6) is 2.40. The molecule has 0 radical (unpaired) electrons. The van der Waals surface area contributed by atoms with Gasteiger partial charge in [0.05, 0.1) is 11.3 Å². The van der Waals surface area contributed by atoms with Gasteiger partial charge in [-0.25, -0.2) is 13.1 Å². The van der Waals surface area contributed by atoms with Crippen LogP contribution in [0.1, 0.15) is 26.2 Å². The number of hydrogen-bond acceptors (Lipinski definition) is 2. The van der Waals surface area contributed by atoms with Gasteiger partial charge in [-0.15, -0.1) is 6.42 Å². The highest BCUT2D eigenvalue weighted by Crippen LogP contribution is 2.27. The van der Waals surface area contributed by atoms with Crippen LogP contribution >= 0.6 is 0 Å². The molecular weight excluding hydrogens is 174 g/mol. The Morgan fingerprint density at radius 3 is 2.58 bits per heavy atom. The zero-order valence-electron chi connectivity index (χ0n) is 7.08. The third-order valence-corrected chi connectivity index (χ3v) is 3.84. The lowest BCUT2D eigenvalue weighted by Crippen LogP contribution is -2.35. The van der Waals surface area contributed by atoms with Crippen LogP contribution in [-0.2, 0) is 10.0 Å². The third-order valence-electron chi connectivity index (χ3n) is 1.88. The number of nitrogens with one attached hydrogen (secondary N) is 1. The third kappa shape index (κ3) is 2.23. The van der Waals surface area contributed by atoms with Crippen LogP contribution < -0.4 is 4.72 Å². The summed E-state index contributed by atoms with van der Waals surface area (Å²) in [6, 6.07) is -0.337. The van der Waals surface area contributed by atoms with Crippen molar-refractivity contribution >= 4 is 10.0 Å². The van der Waals surface area contributed by atoms with Crippen molar-refractivity contribution in [3.05, 3.63) is 0 Å². The molecule has 68 valence electrons. The molecule has 1 saturated carbocycles. The predicted octanol–water partition coefficient (Wildman–Crippen LogP) is 0.480. The molecule has 0 heterocycles. The molecule has 1 fully saturated rings. The van der Waals surface area contributed by atoms with Crippen LogP contribution in [0.5, 0.6) is 0 Å². The summed E-state index contributed by atoms with van der Waals surface area (Å²) in [6.07, 6.45) is 7.32. The molecule has 0 amide bonds. The van der Waals surface area contributed by atoms with E-state index in [2.05, 4.69) is 10.6 Å². The lowest BCUT2D eigenvalue weighted by Gasteiger charge is -2.09. The Labute approximate surface area is 73.6 Å². The Morgan fingerprint density at radius 1 is 1.67 bits per heavy atom. The summed E-state index contributed by atoms with van der Waals surface area (Å²) in [6.45, 7) is 1.86. The second-order valence-electron chi connectivity index (χ2n) is 2.99. The minimum Gasteiger partial charge on any atom is -0.212 e. The smallest absolute Gasteiger partial charge is 0.212 e. The van der Waals surface area contributed by atoms with Gasteiger partial charge >= 0.3 is 0 Å². The monoisotopic (exact) mass is 187 g/mol. The summed E-state index contributed by atoms with van der Waals surface area (Å²) in [5.41, 5.74) is 0. The van der Waals surface area contributed by atoms with E-state index in [1.54, 1.807) is 0 Å². The fraction of sp³-hybridized carbons (Fsp3) is 0.750. The SMILES string of the molecule is C#CC(CC)NS(=O)(=O)C1CC1. The van der Waals surface area contributed by atoms with Gasteiger partial charge in [-0.3, -0.25) is 0 Å². The van der Waals surface area contributed by atoms with E-state index in [0.717, 1.165) is 12.8 Å². The van der Waals surface area contributed by atoms with Crippen LogP contribution in [0.3, 0.4) is 0 Å². The Kier molecular flexibility index (Phi) is 2.76. The van der Waals surface area contributed by atoms with Crippen molar-refractivity contribution in [2.24, 2.45) is 0 Å². The van der Waals surface area contributed by atoms with Gasteiger partial charge in [0.15, 0.2) is 0 Å². The summed E-state index contributed by atoms with van der Waals surface area (Å²) < 4.78 is 25.1. The molecule has 3 nitrogen and oxygen atoms in total. The molecule has 4 heteroatoms. The quantitative estimate of drug-likeness (QED) is 0.651. The number of terminal acetylenes is 1. The average Bonchev–Trinajstić information content (AvgIpc) is 2.82. The Morgan fingerprint density at radius 2 is 2.25 bits per heavy atom. The topological polar surface area (TPSA) is 46.2 Å². The zero-order valence-corrected chi connectivity index (χ0v) is 7.89. The van der Waals surface area contributed by atoms with Gasteiger partial charge in [0.2, 0.25) is 10.0 Å². The van der Waals surface area contributed by atoms with Crippen molar-refractivity contribution in [3.63, 3.8) is 0 Å². The highest BCUT2D eigenvalue weighted by molar-refractivity contribution is 7.90. The molecule has 1 aliphatic carbocycles. The maximum Gasteiger partial charge on any atom is 0.215 e. The summed E-state index contributed by atoms with van der Waals surface area (Å²) >= 11 is 0. The molecule has 0 bridgehead atoms. The van der Waals surface area contributed by atoms with Gasteiger partial charge in [-0.05, 0) is 19.3 Å². The van der Waals surface area contributed by atoms with E-state index in [1.807, 2.05) is 6.92 Å². The standard InChI is InChI=1S/C8H13NO2S/c1-3-7(4-2)9-12(10,11)8-5-6-8/h1,7-9H,4-6H2,2H3. The van der Waals surface area contributed by atoms with Gasteiger partial charge in [-0.2, -0.15) is 0 Å². The number of sulfonamides is 1. The average molecular weight is 187 g/mol. The van der Waals surface area contributed by atoms with E-state index in [9.17, 15) is 8.42 Å². The normalized spacial score (nSPS) is 20.0. The largest absolute Gasteiger partial charge is 0.215 e. The van der Waals surface area contributed by atoms with E-state index >= 15 is 0 Å². The van der Waals surface area contributed by atoms with Gasteiger partial charge in [0.1, 0.15) is 0 Å². The molecule has 1 N–H and O–H groups in total. The van der Waals surface area contributed by atoms with Crippen molar-refractivity contribution in [3.8, 4) is 12.3 Å². The van der Waals surface area contributed by atoms with Gasteiger partial charge in [0, 0.05) is 0 Å². The van der Waals surface area contributed by atoms with E-state index in [4.69, 9.17) is 6.42 Å². The number of rotatable bonds is 4. The molecule has 1 aliphatic rings. The van der Waals surface area contributed by atoms with Crippen molar-refractivity contribution in [2.75, 3.05) is 0 Å². The molecule has 12 heavy (non-hydrogen) atoms. The van der Waals surface area contributed by atoms with Crippen molar-refractivity contribution in [2.45, 2.75) is 37.5 Å². The van der Waals surface area contributed by atoms with Crippen LogP contribution in [0.25, 0.3) is 0 Å². The lowest BCUT2D eigenvalue weighted by molar-refractivity contribution is 0.569. The Hall–Kier alpha value is -0.530. The zero-order chi connectivity index (χ0) is 9.19. The van der Waals surface area contributed by atoms with Crippen molar-refractivity contribution in [1.29, 1.82) is 0 Å². The van der Waals surface area contributed by atoms with E-state index in [1.165, 1.54) is 0 Å². The molecular formula is C8H13NO2S. The first-order chi connectivity index (χ1) is 5.60. The van der Waals surface area contributed by atoms with Gasteiger partial charge in [0.25, 0.3) is 0 Å². The van der Waals surface area contributed by atoms with E-state index < -0.39 is 10.0 Å². The second-order valence-corrected chi connectivity index (χ2v) is 4.98. The summed E-state index contributed by atoms with van der Waals surface area (Å²) in [5, 5.41) is -0.181. The summed E-state index contributed by atoms with van der Waals surface area (Å²) in [7, 11) is -3.10. The van der Waals surface area contributed by atoms with Crippen LogP contribution in [0, 0.1) is 12.3 Å². The fourth-order valence-corrected chi connectivity index (χ4v) is 2.49. The number of hydrogen-bond donors (Lipinski definition) is 1. The minimum absolute atomic E-state index is 0.181. The molecule has 0 aromatic carbocycles. The van der Waals surface area contributed by atoms with Crippen LogP contribution in [-0.4, -0.2) is 19.7 Å².